The zero-order valence-corrected chi connectivity index (χ0v) is 10.6. The summed E-state index contributed by atoms with van der Waals surface area (Å²) in [5.74, 6) is -0.207. The molecule has 0 aromatic carbocycles. The van der Waals surface area contributed by atoms with Crippen molar-refractivity contribution in [2.24, 2.45) is 5.92 Å². The molecule has 94 valence electrons. The Morgan fingerprint density at radius 1 is 1.25 bits per heavy atom. The predicted molar refractivity (Wildman–Crippen MR) is 60.0 cm³/mol. The number of esters is 1. The number of carbonyl (C=O) groups is 2. The minimum atomic E-state index is -0.598. The van der Waals surface area contributed by atoms with E-state index >= 15 is 0 Å². The van der Waals surface area contributed by atoms with E-state index in [0.29, 0.717) is 6.61 Å². The van der Waals surface area contributed by atoms with Crippen LogP contribution in [0.3, 0.4) is 0 Å². The molecule has 0 aromatic heterocycles. The van der Waals surface area contributed by atoms with Crippen LogP contribution >= 0.6 is 0 Å². The van der Waals surface area contributed by atoms with Gasteiger partial charge >= 0.3 is 12.1 Å². The minimum absolute atomic E-state index is 0.172. The van der Waals surface area contributed by atoms with E-state index in [0.717, 1.165) is 0 Å². The van der Waals surface area contributed by atoms with Crippen LogP contribution in [-0.2, 0) is 14.3 Å². The molecule has 0 rings (SSSR count). The first-order chi connectivity index (χ1) is 7.20. The van der Waals surface area contributed by atoms with Crippen LogP contribution in [0.25, 0.3) is 0 Å². The molecule has 0 unspecified atom stereocenters. The Labute approximate surface area is 96.5 Å². The predicted octanol–water partition coefficient (Wildman–Crippen LogP) is 1.71. The highest BCUT2D eigenvalue weighted by Gasteiger charge is 2.16. The second kappa shape index (κ2) is 6.35. The summed E-state index contributed by atoms with van der Waals surface area (Å²) in [4.78, 5) is 22.3. The standard InChI is InChI=1S/C11H21NO4/c1-8(2)7-15-10(14)12-6-9(13)16-11(3,4)5/h8H,6-7H2,1-5H3,(H,12,14). The largest absolute Gasteiger partial charge is 0.459 e. The molecule has 0 heterocycles. The molecule has 0 saturated carbocycles. The van der Waals surface area contributed by atoms with Crippen LogP contribution in [0.2, 0.25) is 0 Å². The van der Waals surface area contributed by atoms with E-state index < -0.39 is 17.7 Å². The second-order valence-electron chi connectivity index (χ2n) is 4.93. The fourth-order valence-electron chi connectivity index (χ4n) is 0.815. The average molecular weight is 231 g/mol. The number of hydrogen-bond donors (Lipinski definition) is 1. The molecule has 0 saturated heterocycles. The van der Waals surface area contributed by atoms with Gasteiger partial charge < -0.3 is 14.8 Å². The lowest BCUT2D eigenvalue weighted by molar-refractivity contribution is -0.153. The highest BCUT2D eigenvalue weighted by molar-refractivity contribution is 5.78. The number of carbonyl (C=O) groups excluding carboxylic acids is 2. The van der Waals surface area contributed by atoms with Crippen molar-refractivity contribution < 1.29 is 19.1 Å². The molecule has 0 aromatic rings. The molecule has 5 heteroatoms. The van der Waals surface area contributed by atoms with Gasteiger partial charge in [0.05, 0.1) is 6.61 Å². The zero-order valence-electron chi connectivity index (χ0n) is 10.6. The minimum Gasteiger partial charge on any atom is -0.459 e. The first kappa shape index (κ1) is 14.7. The quantitative estimate of drug-likeness (QED) is 0.748. The molecule has 0 aliphatic heterocycles. The van der Waals surface area contributed by atoms with Crippen LogP contribution in [0.15, 0.2) is 0 Å². The highest BCUT2D eigenvalue weighted by atomic mass is 16.6. The number of amides is 1. The fourth-order valence-corrected chi connectivity index (χ4v) is 0.815. The first-order valence-electron chi connectivity index (χ1n) is 5.33. The molecule has 0 aliphatic rings. The van der Waals surface area contributed by atoms with Crippen LogP contribution in [0.4, 0.5) is 4.79 Å². The lowest BCUT2D eigenvalue weighted by Gasteiger charge is -2.19. The molecule has 0 spiro atoms. The Kier molecular flexibility index (Phi) is 5.85. The normalized spacial score (nSPS) is 11.1. The molecule has 0 fully saturated rings. The van der Waals surface area contributed by atoms with Crippen LogP contribution in [0.5, 0.6) is 0 Å². The van der Waals surface area contributed by atoms with Crippen LogP contribution in [0.1, 0.15) is 34.6 Å². The second-order valence-corrected chi connectivity index (χ2v) is 4.93. The van der Waals surface area contributed by atoms with Gasteiger partial charge in [-0.2, -0.15) is 0 Å². The molecular formula is C11H21NO4. The monoisotopic (exact) mass is 231 g/mol. The molecule has 5 nitrogen and oxygen atoms in total. The van der Waals surface area contributed by atoms with E-state index in [-0.39, 0.29) is 12.5 Å². The molecule has 1 amide bonds. The maximum absolute atomic E-state index is 11.2. The molecule has 0 aliphatic carbocycles. The molecule has 0 bridgehead atoms. The lowest BCUT2D eigenvalue weighted by atomic mass is 10.2. The van der Waals surface area contributed by atoms with Crippen molar-refractivity contribution >= 4 is 12.1 Å². The van der Waals surface area contributed by atoms with Crippen LogP contribution in [0, 0.1) is 5.92 Å². The van der Waals surface area contributed by atoms with Gasteiger partial charge in [0, 0.05) is 0 Å². The van der Waals surface area contributed by atoms with E-state index in [2.05, 4.69) is 5.32 Å². The molecule has 0 atom stereocenters. The van der Waals surface area contributed by atoms with E-state index in [9.17, 15) is 9.59 Å². The first-order valence-corrected chi connectivity index (χ1v) is 5.33. The Hall–Kier alpha value is -1.26. The van der Waals surface area contributed by atoms with Gasteiger partial charge in [-0.05, 0) is 26.7 Å². The smallest absolute Gasteiger partial charge is 0.407 e. The summed E-state index contributed by atoms with van der Waals surface area (Å²) >= 11 is 0. The third kappa shape index (κ3) is 9.30. The third-order valence-corrected chi connectivity index (χ3v) is 1.34. The number of alkyl carbamates (subject to hydrolysis) is 1. The fraction of sp³-hybridized carbons (Fsp3) is 0.818. The van der Waals surface area contributed by atoms with Crippen molar-refractivity contribution in [2.75, 3.05) is 13.2 Å². The lowest BCUT2D eigenvalue weighted by Crippen LogP contribution is -2.35. The molecule has 1 N–H and O–H groups in total. The summed E-state index contributed by atoms with van der Waals surface area (Å²) in [5, 5.41) is 2.32. The van der Waals surface area contributed by atoms with Crippen molar-refractivity contribution in [3.8, 4) is 0 Å². The number of ether oxygens (including phenoxy) is 2. The van der Waals surface area contributed by atoms with Crippen LogP contribution in [-0.4, -0.2) is 30.8 Å². The van der Waals surface area contributed by atoms with Crippen molar-refractivity contribution in [1.29, 1.82) is 0 Å². The Morgan fingerprint density at radius 3 is 2.25 bits per heavy atom. The number of rotatable bonds is 4. The topological polar surface area (TPSA) is 64.6 Å². The summed E-state index contributed by atoms with van der Waals surface area (Å²) in [5.41, 5.74) is -0.541. The summed E-state index contributed by atoms with van der Waals surface area (Å²) in [7, 11) is 0. The number of nitrogens with one attached hydrogen (secondary N) is 1. The van der Waals surface area contributed by atoms with Gasteiger partial charge in [-0.15, -0.1) is 0 Å². The zero-order chi connectivity index (χ0) is 12.8. The van der Waals surface area contributed by atoms with Crippen molar-refractivity contribution in [1.82, 2.24) is 5.32 Å². The van der Waals surface area contributed by atoms with Gasteiger partial charge in [0.15, 0.2) is 0 Å². The molecule has 16 heavy (non-hydrogen) atoms. The molecule has 0 radical (unpaired) electrons. The highest BCUT2D eigenvalue weighted by Crippen LogP contribution is 2.06. The van der Waals surface area contributed by atoms with E-state index in [4.69, 9.17) is 9.47 Å². The Balaban J connectivity index is 3.72. The Bertz CT molecular complexity index is 243. The van der Waals surface area contributed by atoms with Gasteiger partial charge in [-0.3, -0.25) is 4.79 Å². The van der Waals surface area contributed by atoms with Gasteiger partial charge in [-0.25, -0.2) is 4.79 Å². The van der Waals surface area contributed by atoms with Crippen molar-refractivity contribution in [3.63, 3.8) is 0 Å². The van der Waals surface area contributed by atoms with E-state index in [1.54, 1.807) is 20.8 Å². The summed E-state index contributed by atoms with van der Waals surface area (Å²) < 4.78 is 9.83. The Morgan fingerprint density at radius 2 is 1.81 bits per heavy atom. The van der Waals surface area contributed by atoms with Crippen LogP contribution < -0.4 is 5.32 Å². The third-order valence-electron chi connectivity index (χ3n) is 1.34. The van der Waals surface area contributed by atoms with E-state index in [1.807, 2.05) is 13.8 Å². The van der Waals surface area contributed by atoms with Gasteiger partial charge in [0.1, 0.15) is 12.1 Å². The van der Waals surface area contributed by atoms with Gasteiger partial charge in [-0.1, -0.05) is 13.8 Å². The maximum atomic E-state index is 11.2. The van der Waals surface area contributed by atoms with E-state index in [1.165, 1.54) is 0 Å². The van der Waals surface area contributed by atoms with Gasteiger partial charge in [0.25, 0.3) is 0 Å². The SMILES string of the molecule is CC(C)COC(=O)NCC(=O)OC(C)(C)C. The number of hydrogen-bond acceptors (Lipinski definition) is 4. The molecular weight excluding hydrogens is 210 g/mol. The summed E-state index contributed by atoms with van der Waals surface area (Å²) in [6, 6.07) is 0. The maximum Gasteiger partial charge on any atom is 0.407 e. The van der Waals surface area contributed by atoms with Gasteiger partial charge in [0.2, 0.25) is 0 Å². The summed E-state index contributed by atoms with van der Waals surface area (Å²) in [6.07, 6.45) is -0.598. The van der Waals surface area contributed by atoms with Crippen molar-refractivity contribution in [3.05, 3.63) is 0 Å². The van der Waals surface area contributed by atoms with Crippen molar-refractivity contribution in [2.45, 2.75) is 40.2 Å². The average Bonchev–Trinajstić information content (AvgIpc) is 2.08. The summed E-state index contributed by atoms with van der Waals surface area (Å²) in [6.45, 7) is 9.32.